The van der Waals surface area contributed by atoms with Crippen LogP contribution in [0.3, 0.4) is 0 Å². The summed E-state index contributed by atoms with van der Waals surface area (Å²) in [7, 11) is 0. The molecule has 1 aromatic rings. The molecule has 88 valence electrons. The first-order valence-corrected chi connectivity index (χ1v) is 6.73. The maximum Gasteiger partial charge on any atom is 0.134 e. The van der Waals surface area contributed by atoms with Crippen LogP contribution in [0.25, 0.3) is 0 Å². The predicted molar refractivity (Wildman–Crippen MR) is 69.0 cm³/mol. The lowest BCUT2D eigenvalue weighted by Crippen LogP contribution is -2.37. The van der Waals surface area contributed by atoms with Gasteiger partial charge in [0.15, 0.2) is 0 Å². The highest BCUT2D eigenvalue weighted by molar-refractivity contribution is 8.00. The molecule has 16 heavy (non-hydrogen) atoms. The number of aliphatic hydroxyl groups is 1. The van der Waals surface area contributed by atoms with E-state index in [9.17, 15) is 5.11 Å². The lowest BCUT2D eigenvalue weighted by atomic mass is 10.1. The number of hydrogen-bond donors (Lipinski definition) is 1. The molecule has 1 aromatic heterocycles. The summed E-state index contributed by atoms with van der Waals surface area (Å²) in [5.74, 6) is 2.08. The second-order valence-corrected chi connectivity index (χ2v) is 5.77. The zero-order valence-electron chi connectivity index (χ0n) is 9.76. The van der Waals surface area contributed by atoms with Gasteiger partial charge in [0.1, 0.15) is 5.82 Å². The van der Waals surface area contributed by atoms with E-state index in [1.54, 1.807) is 13.1 Å². The Kier molecular flexibility index (Phi) is 3.71. The van der Waals surface area contributed by atoms with Crippen LogP contribution in [-0.4, -0.2) is 34.2 Å². The van der Waals surface area contributed by atoms with Gasteiger partial charge in [-0.2, -0.15) is 11.8 Å². The number of anilines is 1. The highest BCUT2D eigenvalue weighted by atomic mass is 32.2. The van der Waals surface area contributed by atoms with E-state index in [-0.39, 0.29) is 0 Å². The molecule has 3 nitrogen and oxygen atoms in total. The van der Waals surface area contributed by atoms with Crippen molar-refractivity contribution in [2.45, 2.75) is 25.2 Å². The monoisotopic (exact) mass is 238 g/mol. The van der Waals surface area contributed by atoms with Gasteiger partial charge in [0.2, 0.25) is 0 Å². The Hall–Kier alpha value is -0.740. The summed E-state index contributed by atoms with van der Waals surface area (Å²) in [5, 5.41) is 10.4. The molecule has 0 aliphatic carbocycles. The minimum Gasteiger partial charge on any atom is -0.389 e. The fourth-order valence-corrected chi connectivity index (χ4v) is 3.02. The highest BCUT2D eigenvalue weighted by Crippen LogP contribution is 2.27. The molecule has 1 aliphatic rings. The van der Waals surface area contributed by atoms with Gasteiger partial charge in [-0.3, -0.25) is 0 Å². The summed E-state index contributed by atoms with van der Waals surface area (Å²) in [6.07, 6.45) is 1.35. The first kappa shape index (κ1) is 11.7. The Morgan fingerprint density at radius 2 is 2.44 bits per heavy atom. The number of pyridine rings is 1. The highest BCUT2D eigenvalue weighted by Gasteiger charge is 2.21. The molecule has 1 aliphatic heterocycles. The Balaban J connectivity index is 2.25. The standard InChI is InChI=1S/C12H18N2OS/c1-9-8-14(6-7-16-9)12-11(10(2)15)4-3-5-13-12/h3-5,9-10,15H,6-8H2,1-2H3/t9?,10-/m0/s1. The van der Waals surface area contributed by atoms with Crippen molar-refractivity contribution in [3.8, 4) is 0 Å². The maximum absolute atomic E-state index is 9.73. The third kappa shape index (κ3) is 2.50. The van der Waals surface area contributed by atoms with E-state index in [1.807, 2.05) is 23.9 Å². The maximum atomic E-state index is 9.73. The molecular formula is C12H18N2OS. The molecule has 0 aromatic carbocycles. The van der Waals surface area contributed by atoms with Crippen molar-refractivity contribution in [3.63, 3.8) is 0 Å². The van der Waals surface area contributed by atoms with Crippen molar-refractivity contribution in [1.82, 2.24) is 4.98 Å². The molecule has 1 fully saturated rings. The van der Waals surface area contributed by atoms with E-state index in [1.165, 1.54) is 0 Å². The van der Waals surface area contributed by atoms with Crippen molar-refractivity contribution < 1.29 is 5.11 Å². The third-order valence-corrected chi connectivity index (χ3v) is 3.94. The lowest BCUT2D eigenvalue weighted by molar-refractivity contribution is 0.199. The normalized spacial score (nSPS) is 23.2. The van der Waals surface area contributed by atoms with Gasteiger partial charge in [0, 0.05) is 35.9 Å². The molecule has 0 spiro atoms. The van der Waals surface area contributed by atoms with Crippen LogP contribution >= 0.6 is 11.8 Å². The second kappa shape index (κ2) is 5.06. The van der Waals surface area contributed by atoms with Gasteiger partial charge in [0.25, 0.3) is 0 Å². The first-order chi connectivity index (χ1) is 7.68. The smallest absolute Gasteiger partial charge is 0.134 e. The summed E-state index contributed by atoms with van der Waals surface area (Å²) in [6, 6.07) is 3.84. The third-order valence-electron chi connectivity index (χ3n) is 2.81. The van der Waals surface area contributed by atoms with Gasteiger partial charge < -0.3 is 10.0 Å². The minimum absolute atomic E-state index is 0.450. The van der Waals surface area contributed by atoms with Crippen LogP contribution in [-0.2, 0) is 0 Å². The minimum atomic E-state index is -0.450. The summed E-state index contributed by atoms with van der Waals surface area (Å²) in [6.45, 7) is 6.07. The predicted octanol–water partition coefficient (Wildman–Crippen LogP) is 2.08. The number of nitrogens with zero attached hydrogens (tertiary/aromatic N) is 2. The lowest BCUT2D eigenvalue weighted by Gasteiger charge is -2.33. The Morgan fingerprint density at radius 1 is 1.62 bits per heavy atom. The molecule has 1 unspecified atom stereocenters. The summed E-state index contributed by atoms with van der Waals surface area (Å²) in [4.78, 5) is 6.70. The van der Waals surface area contributed by atoms with E-state index in [0.717, 1.165) is 30.2 Å². The topological polar surface area (TPSA) is 36.4 Å². The van der Waals surface area contributed by atoms with Crippen molar-refractivity contribution in [2.24, 2.45) is 0 Å². The summed E-state index contributed by atoms with van der Waals surface area (Å²) < 4.78 is 0. The average molecular weight is 238 g/mol. The fraction of sp³-hybridized carbons (Fsp3) is 0.583. The van der Waals surface area contributed by atoms with Gasteiger partial charge in [0.05, 0.1) is 6.10 Å². The van der Waals surface area contributed by atoms with Crippen LogP contribution in [0.4, 0.5) is 5.82 Å². The molecule has 0 saturated carbocycles. The molecule has 0 amide bonds. The Bertz CT molecular complexity index is 357. The van der Waals surface area contributed by atoms with Gasteiger partial charge >= 0.3 is 0 Å². The molecular weight excluding hydrogens is 220 g/mol. The molecule has 2 atom stereocenters. The van der Waals surface area contributed by atoms with Crippen molar-refractivity contribution in [2.75, 3.05) is 23.7 Å². The molecule has 1 saturated heterocycles. The Morgan fingerprint density at radius 3 is 3.12 bits per heavy atom. The van der Waals surface area contributed by atoms with Crippen LogP contribution < -0.4 is 4.90 Å². The summed E-state index contributed by atoms with van der Waals surface area (Å²) in [5.41, 5.74) is 0.932. The molecule has 1 N–H and O–H groups in total. The largest absolute Gasteiger partial charge is 0.389 e. The number of rotatable bonds is 2. The van der Waals surface area contributed by atoms with Gasteiger partial charge in [-0.05, 0) is 13.0 Å². The van der Waals surface area contributed by atoms with Crippen LogP contribution in [0, 0.1) is 0 Å². The van der Waals surface area contributed by atoms with Crippen LogP contribution in [0.5, 0.6) is 0 Å². The van der Waals surface area contributed by atoms with Gasteiger partial charge in [-0.15, -0.1) is 0 Å². The molecule has 0 bridgehead atoms. The van der Waals surface area contributed by atoms with Gasteiger partial charge in [-0.25, -0.2) is 4.98 Å². The van der Waals surface area contributed by atoms with E-state index in [4.69, 9.17) is 0 Å². The zero-order chi connectivity index (χ0) is 11.5. The van der Waals surface area contributed by atoms with E-state index < -0.39 is 6.10 Å². The van der Waals surface area contributed by atoms with E-state index in [2.05, 4.69) is 16.8 Å². The number of hydrogen-bond acceptors (Lipinski definition) is 4. The number of aromatic nitrogens is 1. The SMILES string of the molecule is CC1CN(c2ncccc2[C@H](C)O)CCS1. The molecule has 4 heteroatoms. The fourth-order valence-electron chi connectivity index (χ4n) is 2.01. The van der Waals surface area contributed by atoms with E-state index >= 15 is 0 Å². The van der Waals surface area contributed by atoms with Crippen molar-refractivity contribution >= 4 is 17.6 Å². The Labute approximate surface area is 101 Å². The van der Waals surface area contributed by atoms with Crippen LogP contribution in [0.1, 0.15) is 25.5 Å². The quantitative estimate of drug-likeness (QED) is 0.856. The van der Waals surface area contributed by atoms with Crippen molar-refractivity contribution in [3.05, 3.63) is 23.9 Å². The first-order valence-electron chi connectivity index (χ1n) is 5.68. The second-order valence-electron chi connectivity index (χ2n) is 4.22. The average Bonchev–Trinajstić information content (AvgIpc) is 2.29. The summed E-state index contributed by atoms with van der Waals surface area (Å²) >= 11 is 2.00. The van der Waals surface area contributed by atoms with Gasteiger partial charge in [-0.1, -0.05) is 13.0 Å². The van der Waals surface area contributed by atoms with Crippen molar-refractivity contribution in [1.29, 1.82) is 0 Å². The molecule has 2 rings (SSSR count). The van der Waals surface area contributed by atoms with Crippen LogP contribution in [0.2, 0.25) is 0 Å². The molecule has 2 heterocycles. The number of aliphatic hydroxyl groups excluding tert-OH is 1. The zero-order valence-corrected chi connectivity index (χ0v) is 10.6. The molecule has 0 radical (unpaired) electrons. The van der Waals surface area contributed by atoms with Crippen LogP contribution in [0.15, 0.2) is 18.3 Å². The van der Waals surface area contributed by atoms with E-state index in [0.29, 0.717) is 5.25 Å². The number of thioether (sulfide) groups is 1.